The summed E-state index contributed by atoms with van der Waals surface area (Å²) in [5.74, 6) is 0.735. The van der Waals surface area contributed by atoms with Crippen molar-refractivity contribution in [3.63, 3.8) is 0 Å². The van der Waals surface area contributed by atoms with Crippen LogP contribution in [0.2, 0.25) is 5.02 Å². The number of carbonyl (C=O) groups excluding carboxylic acids is 1. The average Bonchev–Trinajstić information content (AvgIpc) is 3.43. The monoisotopic (exact) mass is 400 g/mol. The predicted molar refractivity (Wildman–Crippen MR) is 110 cm³/mol. The largest absolute Gasteiger partial charge is 0.388 e. The number of hydrogen-bond acceptors (Lipinski definition) is 5. The van der Waals surface area contributed by atoms with E-state index in [2.05, 4.69) is 20.2 Å². The molecule has 1 amide bonds. The zero-order valence-corrected chi connectivity index (χ0v) is 16.7. The Kier molecular flexibility index (Phi) is 5.25. The third kappa shape index (κ3) is 4.13. The highest BCUT2D eigenvalue weighted by Crippen LogP contribution is 2.39. The molecule has 7 heteroatoms. The molecule has 28 heavy (non-hydrogen) atoms. The van der Waals surface area contributed by atoms with E-state index in [-0.39, 0.29) is 24.1 Å². The molecular formula is C21H25ClN4O2. The number of nitrogens with zero attached hydrogens (tertiary/aromatic N) is 3. The number of anilines is 1. The smallest absolute Gasteiger partial charge is 0.271 e. The summed E-state index contributed by atoms with van der Waals surface area (Å²) >= 11 is 6.03. The molecule has 0 bridgehead atoms. The first-order chi connectivity index (χ1) is 13.4. The SMILES string of the molecule is C[C@](O)(CNC(=O)c1cnc(N2CCCC2)c(-c2ccc(Cl)cc2)n1)C1CC1. The van der Waals surface area contributed by atoms with Crippen LogP contribution in [0.3, 0.4) is 0 Å². The maximum absolute atomic E-state index is 12.6. The fourth-order valence-electron chi connectivity index (χ4n) is 3.65. The molecule has 0 radical (unpaired) electrons. The van der Waals surface area contributed by atoms with Crippen LogP contribution in [0.15, 0.2) is 30.5 Å². The van der Waals surface area contributed by atoms with Gasteiger partial charge < -0.3 is 15.3 Å². The molecule has 4 rings (SSSR count). The Hall–Kier alpha value is -2.18. The third-order valence-corrected chi connectivity index (χ3v) is 5.82. The summed E-state index contributed by atoms with van der Waals surface area (Å²) in [7, 11) is 0. The van der Waals surface area contributed by atoms with Gasteiger partial charge >= 0.3 is 0 Å². The van der Waals surface area contributed by atoms with Gasteiger partial charge in [0.15, 0.2) is 5.82 Å². The summed E-state index contributed by atoms with van der Waals surface area (Å²) in [5, 5.41) is 13.9. The molecule has 1 aromatic heterocycles. The number of carbonyl (C=O) groups is 1. The first kappa shape index (κ1) is 19.2. The minimum Gasteiger partial charge on any atom is -0.388 e. The van der Waals surface area contributed by atoms with E-state index >= 15 is 0 Å². The molecule has 2 aromatic rings. The third-order valence-electron chi connectivity index (χ3n) is 5.57. The molecule has 2 heterocycles. The average molecular weight is 401 g/mol. The van der Waals surface area contributed by atoms with Crippen molar-refractivity contribution in [1.29, 1.82) is 0 Å². The zero-order valence-electron chi connectivity index (χ0n) is 16.0. The first-order valence-electron chi connectivity index (χ1n) is 9.82. The van der Waals surface area contributed by atoms with Crippen molar-refractivity contribution in [3.05, 3.63) is 41.2 Å². The van der Waals surface area contributed by atoms with E-state index in [1.165, 1.54) is 6.20 Å². The van der Waals surface area contributed by atoms with Crippen LogP contribution < -0.4 is 10.2 Å². The lowest BCUT2D eigenvalue weighted by Crippen LogP contribution is -2.42. The normalized spacial score (nSPS) is 18.8. The summed E-state index contributed by atoms with van der Waals surface area (Å²) < 4.78 is 0. The molecule has 6 nitrogen and oxygen atoms in total. The first-order valence-corrected chi connectivity index (χ1v) is 10.2. The second-order valence-electron chi connectivity index (χ2n) is 7.94. The highest BCUT2D eigenvalue weighted by atomic mass is 35.5. The minimum atomic E-state index is -0.877. The van der Waals surface area contributed by atoms with Gasteiger partial charge in [-0.2, -0.15) is 0 Å². The van der Waals surface area contributed by atoms with Crippen molar-refractivity contribution in [2.45, 2.75) is 38.2 Å². The Labute approximate surface area is 169 Å². The Morgan fingerprint density at radius 1 is 1.29 bits per heavy atom. The molecule has 1 aliphatic heterocycles. The van der Waals surface area contributed by atoms with Gasteiger partial charge in [0, 0.05) is 30.2 Å². The van der Waals surface area contributed by atoms with Crippen LogP contribution in [0, 0.1) is 5.92 Å². The number of rotatable bonds is 6. The fraction of sp³-hybridized carbons (Fsp3) is 0.476. The molecule has 0 unspecified atom stereocenters. The van der Waals surface area contributed by atoms with Gasteiger partial charge in [-0.25, -0.2) is 9.97 Å². The Bertz CT molecular complexity index is 859. The van der Waals surface area contributed by atoms with Gasteiger partial charge in [-0.15, -0.1) is 0 Å². The number of aromatic nitrogens is 2. The van der Waals surface area contributed by atoms with E-state index in [0.29, 0.717) is 10.7 Å². The van der Waals surface area contributed by atoms with Gasteiger partial charge in [0.2, 0.25) is 0 Å². The van der Waals surface area contributed by atoms with Crippen LogP contribution in [0.5, 0.6) is 0 Å². The van der Waals surface area contributed by atoms with E-state index in [1.807, 2.05) is 24.3 Å². The number of halogens is 1. The van der Waals surface area contributed by atoms with E-state index < -0.39 is 5.60 Å². The molecule has 148 valence electrons. The van der Waals surface area contributed by atoms with Gasteiger partial charge in [0.05, 0.1) is 11.8 Å². The number of aliphatic hydroxyl groups is 1. The van der Waals surface area contributed by atoms with Gasteiger partial charge in [0.25, 0.3) is 5.91 Å². The summed E-state index contributed by atoms with van der Waals surface area (Å²) in [4.78, 5) is 24.1. The molecule has 1 aliphatic carbocycles. The molecule has 0 spiro atoms. The van der Waals surface area contributed by atoms with E-state index in [9.17, 15) is 9.90 Å². The lowest BCUT2D eigenvalue weighted by molar-refractivity contribution is 0.0353. The summed E-state index contributed by atoms with van der Waals surface area (Å²) in [6.07, 6.45) is 5.79. The zero-order chi connectivity index (χ0) is 19.7. The molecule has 1 saturated heterocycles. The predicted octanol–water partition coefficient (Wildman–Crippen LogP) is 3.29. The summed E-state index contributed by atoms with van der Waals surface area (Å²) in [6, 6.07) is 7.41. The molecular weight excluding hydrogens is 376 g/mol. The number of benzene rings is 1. The van der Waals surface area contributed by atoms with Crippen LogP contribution in [-0.4, -0.2) is 46.2 Å². The fourth-order valence-corrected chi connectivity index (χ4v) is 3.78. The summed E-state index contributed by atoms with van der Waals surface area (Å²) in [5.41, 5.74) is 0.926. The maximum Gasteiger partial charge on any atom is 0.271 e. The maximum atomic E-state index is 12.6. The van der Waals surface area contributed by atoms with Gasteiger partial charge in [-0.1, -0.05) is 23.7 Å². The number of nitrogens with one attached hydrogen (secondary N) is 1. The van der Waals surface area contributed by atoms with E-state index in [1.54, 1.807) is 6.92 Å². The topological polar surface area (TPSA) is 78.3 Å². The minimum absolute atomic E-state index is 0.211. The number of hydrogen-bond donors (Lipinski definition) is 2. The van der Waals surface area contributed by atoms with Crippen LogP contribution in [-0.2, 0) is 0 Å². The van der Waals surface area contributed by atoms with Gasteiger partial charge in [-0.3, -0.25) is 4.79 Å². The second-order valence-corrected chi connectivity index (χ2v) is 8.38. The quantitative estimate of drug-likeness (QED) is 0.777. The highest BCUT2D eigenvalue weighted by molar-refractivity contribution is 6.30. The Balaban J connectivity index is 1.60. The van der Waals surface area contributed by atoms with Crippen molar-refractivity contribution < 1.29 is 9.90 Å². The number of amides is 1. The molecule has 1 saturated carbocycles. The van der Waals surface area contributed by atoms with E-state index in [4.69, 9.17) is 11.6 Å². The van der Waals surface area contributed by atoms with Crippen molar-refractivity contribution in [3.8, 4) is 11.3 Å². The van der Waals surface area contributed by atoms with Crippen LogP contribution in [0.4, 0.5) is 5.82 Å². The van der Waals surface area contributed by atoms with Gasteiger partial charge in [-0.05, 0) is 50.7 Å². The van der Waals surface area contributed by atoms with E-state index in [0.717, 1.165) is 50.2 Å². The molecule has 2 N–H and O–H groups in total. The van der Waals surface area contributed by atoms with Crippen LogP contribution >= 0.6 is 11.6 Å². The highest BCUT2D eigenvalue weighted by Gasteiger charge is 2.40. The molecule has 1 aromatic carbocycles. The second kappa shape index (κ2) is 7.68. The Morgan fingerprint density at radius 2 is 1.96 bits per heavy atom. The van der Waals surface area contributed by atoms with Crippen molar-refractivity contribution in [2.24, 2.45) is 5.92 Å². The molecule has 2 fully saturated rings. The lowest BCUT2D eigenvalue weighted by atomic mass is 10.0. The standard InChI is InChI=1S/C21H25ClN4O2/c1-21(28,15-6-7-15)13-24-20(27)17-12-23-19(26-10-2-3-11-26)18(25-17)14-4-8-16(22)9-5-14/h4-5,8-9,12,15,28H,2-3,6-7,10-11,13H2,1H3,(H,24,27)/t21-/m0/s1. The van der Waals surface area contributed by atoms with Gasteiger partial charge in [0.1, 0.15) is 11.4 Å². The molecule has 2 aliphatic rings. The van der Waals surface area contributed by atoms with Crippen molar-refractivity contribution in [1.82, 2.24) is 15.3 Å². The Morgan fingerprint density at radius 3 is 2.61 bits per heavy atom. The molecule has 1 atom stereocenters. The summed E-state index contributed by atoms with van der Waals surface area (Å²) in [6.45, 7) is 3.85. The van der Waals surface area contributed by atoms with Crippen molar-refractivity contribution >= 4 is 23.3 Å². The lowest BCUT2D eigenvalue weighted by Gasteiger charge is -2.23. The van der Waals surface area contributed by atoms with Crippen molar-refractivity contribution in [2.75, 3.05) is 24.5 Å². The van der Waals surface area contributed by atoms with Crippen LogP contribution in [0.1, 0.15) is 43.1 Å². The van der Waals surface area contributed by atoms with Crippen LogP contribution in [0.25, 0.3) is 11.3 Å².